The van der Waals surface area contributed by atoms with Gasteiger partial charge in [-0.15, -0.1) is 0 Å². The van der Waals surface area contributed by atoms with Crippen LogP contribution in [0.2, 0.25) is 0 Å². The summed E-state index contributed by atoms with van der Waals surface area (Å²) in [6.07, 6.45) is 12.6. The molecule has 4 heteroatoms. The molecule has 1 rings (SSSR count). The molecule has 1 fully saturated rings. The molecule has 0 unspecified atom stereocenters. The van der Waals surface area contributed by atoms with Crippen LogP contribution >= 0.6 is 0 Å². The summed E-state index contributed by atoms with van der Waals surface area (Å²) in [6.45, 7) is 5.47. The number of nitrogens with one attached hydrogen (secondary N) is 1. The van der Waals surface area contributed by atoms with Crippen LogP contribution in [0.5, 0.6) is 0 Å². The SMILES string of the molecule is CC(C)(C)OC(=O)N/C=C/C/C=C/C1(O)CCCCC1. The van der Waals surface area contributed by atoms with Gasteiger partial charge in [0.05, 0.1) is 5.60 Å². The molecule has 1 aliphatic carbocycles. The molecule has 1 amide bonds. The Morgan fingerprint density at radius 1 is 1.25 bits per heavy atom. The van der Waals surface area contributed by atoms with E-state index < -0.39 is 17.3 Å². The Balaban J connectivity index is 2.23. The Hall–Kier alpha value is -1.29. The van der Waals surface area contributed by atoms with Gasteiger partial charge in [0, 0.05) is 6.20 Å². The minimum absolute atomic E-state index is 0.455. The molecule has 0 spiro atoms. The van der Waals surface area contributed by atoms with Gasteiger partial charge in [-0.1, -0.05) is 37.5 Å². The van der Waals surface area contributed by atoms with Crippen LogP contribution in [0.1, 0.15) is 59.3 Å². The second kappa shape index (κ2) is 7.48. The molecule has 0 aromatic heterocycles. The topological polar surface area (TPSA) is 58.6 Å². The molecule has 0 bridgehead atoms. The van der Waals surface area contributed by atoms with Crippen molar-refractivity contribution in [3.63, 3.8) is 0 Å². The molecule has 2 N–H and O–H groups in total. The Kier molecular flexibility index (Phi) is 6.27. The lowest BCUT2D eigenvalue weighted by Gasteiger charge is -2.28. The molecule has 114 valence electrons. The van der Waals surface area contributed by atoms with Crippen LogP contribution in [0.3, 0.4) is 0 Å². The average molecular weight is 281 g/mol. The van der Waals surface area contributed by atoms with Crippen molar-refractivity contribution in [1.82, 2.24) is 5.32 Å². The zero-order valence-corrected chi connectivity index (χ0v) is 12.8. The molecule has 4 nitrogen and oxygen atoms in total. The van der Waals surface area contributed by atoms with E-state index in [0.29, 0.717) is 6.42 Å². The van der Waals surface area contributed by atoms with E-state index in [9.17, 15) is 9.90 Å². The highest BCUT2D eigenvalue weighted by Crippen LogP contribution is 2.29. The van der Waals surface area contributed by atoms with Gasteiger partial charge in [0.1, 0.15) is 5.60 Å². The van der Waals surface area contributed by atoms with Crippen molar-refractivity contribution in [2.75, 3.05) is 0 Å². The van der Waals surface area contributed by atoms with Gasteiger partial charge in [-0.3, -0.25) is 5.32 Å². The maximum atomic E-state index is 11.3. The molecule has 0 aliphatic heterocycles. The number of carbonyl (C=O) groups excluding carboxylic acids is 1. The summed E-state index contributed by atoms with van der Waals surface area (Å²) in [5.74, 6) is 0. The first-order chi connectivity index (χ1) is 9.31. The van der Waals surface area contributed by atoms with Crippen LogP contribution in [0.15, 0.2) is 24.4 Å². The zero-order valence-electron chi connectivity index (χ0n) is 12.8. The number of carbonyl (C=O) groups is 1. The van der Waals surface area contributed by atoms with Crippen molar-refractivity contribution in [2.24, 2.45) is 0 Å². The summed E-state index contributed by atoms with van der Waals surface area (Å²) in [5, 5.41) is 12.8. The van der Waals surface area contributed by atoms with Crippen LogP contribution in [-0.4, -0.2) is 22.4 Å². The molecule has 0 atom stereocenters. The number of amides is 1. The standard InChI is InChI=1S/C16H27NO3/c1-15(2,3)20-14(18)17-13-9-5-8-12-16(19)10-6-4-7-11-16/h8-9,12-13,19H,4-7,10-11H2,1-3H3,(H,17,18)/b12-8+,13-9+. The van der Waals surface area contributed by atoms with Crippen molar-refractivity contribution in [3.8, 4) is 0 Å². The third-order valence-electron chi connectivity index (χ3n) is 3.14. The summed E-state index contributed by atoms with van der Waals surface area (Å²) in [4.78, 5) is 11.3. The molecular formula is C16H27NO3. The van der Waals surface area contributed by atoms with Gasteiger partial charge in [0.25, 0.3) is 0 Å². The predicted molar refractivity (Wildman–Crippen MR) is 80.3 cm³/mol. The number of rotatable bonds is 4. The van der Waals surface area contributed by atoms with Crippen LogP contribution in [0.4, 0.5) is 4.79 Å². The summed E-state index contributed by atoms with van der Waals surface area (Å²) >= 11 is 0. The third kappa shape index (κ3) is 7.34. The monoisotopic (exact) mass is 281 g/mol. The van der Waals surface area contributed by atoms with E-state index in [4.69, 9.17) is 4.74 Å². The first-order valence-electron chi connectivity index (χ1n) is 7.35. The number of alkyl carbamates (subject to hydrolysis) is 1. The van der Waals surface area contributed by atoms with Gasteiger partial charge in [-0.25, -0.2) is 4.79 Å². The Bertz CT molecular complexity index is 360. The molecular weight excluding hydrogens is 254 g/mol. The number of aliphatic hydroxyl groups is 1. The summed E-state index contributed by atoms with van der Waals surface area (Å²) in [5.41, 5.74) is -1.10. The minimum atomic E-state index is -0.620. The van der Waals surface area contributed by atoms with E-state index in [1.807, 2.05) is 39.0 Å². The van der Waals surface area contributed by atoms with Crippen molar-refractivity contribution in [1.29, 1.82) is 0 Å². The van der Waals surface area contributed by atoms with Crippen molar-refractivity contribution in [2.45, 2.75) is 70.5 Å². The van der Waals surface area contributed by atoms with Gasteiger partial charge in [0.2, 0.25) is 0 Å². The lowest BCUT2D eigenvalue weighted by Crippen LogP contribution is -2.29. The van der Waals surface area contributed by atoms with E-state index >= 15 is 0 Å². The quantitative estimate of drug-likeness (QED) is 0.773. The predicted octanol–water partition coefficient (Wildman–Crippen LogP) is 3.67. The second-order valence-corrected chi connectivity index (χ2v) is 6.35. The lowest BCUT2D eigenvalue weighted by molar-refractivity contribution is 0.0510. The number of allylic oxidation sites excluding steroid dienone is 2. The Morgan fingerprint density at radius 3 is 2.50 bits per heavy atom. The number of hydrogen-bond acceptors (Lipinski definition) is 3. The Labute approximate surface area is 121 Å². The summed E-state index contributed by atoms with van der Waals surface area (Å²) in [6, 6.07) is 0. The highest BCUT2D eigenvalue weighted by Gasteiger charge is 2.25. The molecule has 0 aromatic rings. The van der Waals surface area contributed by atoms with Crippen LogP contribution in [0.25, 0.3) is 0 Å². The van der Waals surface area contributed by atoms with Gasteiger partial charge in [-0.2, -0.15) is 0 Å². The maximum absolute atomic E-state index is 11.3. The number of ether oxygens (including phenoxy) is 1. The van der Waals surface area contributed by atoms with E-state index in [-0.39, 0.29) is 0 Å². The van der Waals surface area contributed by atoms with E-state index in [2.05, 4.69) is 5.32 Å². The van der Waals surface area contributed by atoms with Crippen molar-refractivity contribution < 1.29 is 14.6 Å². The average Bonchev–Trinajstić information content (AvgIpc) is 2.32. The molecule has 1 saturated carbocycles. The van der Waals surface area contributed by atoms with E-state index in [0.717, 1.165) is 25.7 Å². The minimum Gasteiger partial charge on any atom is -0.444 e. The Morgan fingerprint density at radius 2 is 1.90 bits per heavy atom. The van der Waals surface area contributed by atoms with Gasteiger partial charge in [0.15, 0.2) is 0 Å². The summed E-state index contributed by atoms with van der Waals surface area (Å²) in [7, 11) is 0. The largest absolute Gasteiger partial charge is 0.444 e. The molecule has 20 heavy (non-hydrogen) atoms. The van der Waals surface area contributed by atoms with E-state index in [1.165, 1.54) is 6.42 Å². The molecule has 0 saturated heterocycles. The van der Waals surface area contributed by atoms with E-state index in [1.54, 1.807) is 6.20 Å². The fourth-order valence-electron chi connectivity index (χ4n) is 2.20. The molecule has 0 radical (unpaired) electrons. The second-order valence-electron chi connectivity index (χ2n) is 6.35. The zero-order chi connectivity index (χ0) is 15.1. The van der Waals surface area contributed by atoms with Crippen molar-refractivity contribution >= 4 is 6.09 Å². The highest BCUT2D eigenvalue weighted by molar-refractivity contribution is 5.68. The van der Waals surface area contributed by atoms with Gasteiger partial charge >= 0.3 is 6.09 Å². The van der Waals surface area contributed by atoms with Gasteiger partial charge < -0.3 is 9.84 Å². The fraction of sp³-hybridized carbons (Fsp3) is 0.688. The first-order valence-corrected chi connectivity index (χ1v) is 7.35. The molecule has 1 aliphatic rings. The van der Waals surface area contributed by atoms with Crippen LogP contribution in [0, 0.1) is 0 Å². The molecule has 0 aromatic carbocycles. The van der Waals surface area contributed by atoms with Gasteiger partial charge in [-0.05, 0) is 40.0 Å². The summed E-state index contributed by atoms with van der Waals surface area (Å²) < 4.78 is 5.10. The smallest absolute Gasteiger partial charge is 0.411 e. The fourth-order valence-corrected chi connectivity index (χ4v) is 2.20. The van der Waals surface area contributed by atoms with Crippen LogP contribution < -0.4 is 5.32 Å². The first kappa shape index (κ1) is 16.8. The normalized spacial score (nSPS) is 19.4. The number of hydrogen-bond donors (Lipinski definition) is 2. The maximum Gasteiger partial charge on any atom is 0.411 e. The van der Waals surface area contributed by atoms with Crippen molar-refractivity contribution in [3.05, 3.63) is 24.4 Å². The highest BCUT2D eigenvalue weighted by atomic mass is 16.6. The lowest BCUT2D eigenvalue weighted by atomic mass is 9.84. The van der Waals surface area contributed by atoms with Crippen LogP contribution in [-0.2, 0) is 4.74 Å². The molecule has 0 heterocycles. The third-order valence-corrected chi connectivity index (χ3v) is 3.14.